The minimum atomic E-state index is -1.01. The van der Waals surface area contributed by atoms with Crippen LogP contribution in [0.3, 0.4) is 0 Å². The van der Waals surface area contributed by atoms with Crippen molar-refractivity contribution in [1.29, 1.82) is 0 Å². The van der Waals surface area contributed by atoms with Crippen LogP contribution in [0.4, 0.5) is 0 Å². The fourth-order valence-electron chi connectivity index (χ4n) is 1.21. The zero-order chi connectivity index (χ0) is 13.5. The maximum Gasteiger partial charge on any atom is 0.335 e. The number of carbonyl (C=O) groups is 2. The fourth-order valence-corrected chi connectivity index (χ4v) is 1.70. The van der Waals surface area contributed by atoms with Crippen LogP contribution in [0.2, 0.25) is 0 Å². The summed E-state index contributed by atoms with van der Waals surface area (Å²) in [5.74, 6) is -0.777. The normalized spacial score (nSPS) is 9.89. The molecule has 0 radical (unpaired) electrons. The van der Waals surface area contributed by atoms with Crippen molar-refractivity contribution in [3.8, 4) is 5.75 Å². The lowest BCUT2D eigenvalue weighted by Crippen LogP contribution is -2.29. The predicted octanol–water partition coefficient (Wildman–Crippen LogP) is 2.05. The van der Waals surface area contributed by atoms with Gasteiger partial charge in [-0.05, 0) is 40.5 Å². The first kappa shape index (κ1) is 14.5. The molecular formula is C12H14BrNO4. The van der Waals surface area contributed by atoms with Gasteiger partial charge >= 0.3 is 5.97 Å². The Kier molecular flexibility index (Phi) is 5.64. The third-order valence-corrected chi connectivity index (χ3v) is 2.73. The highest BCUT2D eigenvalue weighted by Crippen LogP contribution is 2.25. The van der Waals surface area contributed by atoms with Crippen molar-refractivity contribution >= 4 is 27.8 Å². The molecule has 0 saturated carbocycles. The first-order valence-corrected chi connectivity index (χ1v) is 6.26. The summed E-state index contributed by atoms with van der Waals surface area (Å²) in [4.78, 5) is 22.0. The molecular weight excluding hydrogens is 302 g/mol. The van der Waals surface area contributed by atoms with Crippen LogP contribution in [-0.4, -0.2) is 30.1 Å². The molecule has 1 rings (SSSR count). The molecule has 6 heteroatoms. The van der Waals surface area contributed by atoms with Crippen molar-refractivity contribution in [1.82, 2.24) is 5.32 Å². The van der Waals surface area contributed by atoms with E-state index in [4.69, 9.17) is 9.84 Å². The molecule has 98 valence electrons. The molecule has 1 aromatic carbocycles. The van der Waals surface area contributed by atoms with Gasteiger partial charge in [0.25, 0.3) is 5.91 Å². The van der Waals surface area contributed by atoms with E-state index < -0.39 is 5.97 Å². The standard InChI is InChI=1S/C12H14BrNO4/c1-2-5-14-11(15)7-18-10-4-3-8(12(16)17)6-9(10)13/h3-4,6H,2,5,7H2,1H3,(H,14,15)(H,16,17). The van der Waals surface area contributed by atoms with Gasteiger partial charge in [-0.1, -0.05) is 6.92 Å². The molecule has 2 N–H and O–H groups in total. The van der Waals surface area contributed by atoms with Gasteiger partial charge in [0.1, 0.15) is 5.75 Å². The van der Waals surface area contributed by atoms with Gasteiger partial charge in [-0.15, -0.1) is 0 Å². The first-order chi connectivity index (χ1) is 8.54. The van der Waals surface area contributed by atoms with Crippen LogP contribution in [-0.2, 0) is 4.79 Å². The first-order valence-electron chi connectivity index (χ1n) is 5.47. The second-order valence-corrected chi connectivity index (χ2v) is 4.44. The van der Waals surface area contributed by atoms with E-state index in [0.717, 1.165) is 6.42 Å². The zero-order valence-corrected chi connectivity index (χ0v) is 11.5. The molecule has 0 heterocycles. The molecule has 18 heavy (non-hydrogen) atoms. The van der Waals surface area contributed by atoms with Crippen molar-refractivity contribution < 1.29 is 19.4 Å². The summed E-state index contributed by atoms with van der Waals surface area (Å²) < 4.78 is 5.78. The molecule has 0 aliphatic rings. The highest BCUT2D eigenvalue weighted by molar-refractivity contribution is 9.10. The molecule has 0 unspecified atom stereocenters. The van der Waals surface area contributed by atoms with Crippen LogP contribution in [0.1, 0.15) is 23.7 Å². The number of aromatic carboxylic acids is 1. The SMILES string of the molecule is CCCNC(=O)COc1ccc(C(=O)O)cc1Br. The minimum Gasteiger partial charge on any atom is -0.483 e. The summed E-state index contributed by atoms with van der Waals surface area (Å²) in [7, 11) is 0. The second-order valence-electron chi connectivity index (χ2n) is 3.59. The highest BCUT2D eigenvalue weighted by atomic mass is 79.9. The number of rotatable bonds is 6. The van der Waals surface area contributed by atoms with E-state index in [9.17, 15) is 9.59 Å². The largest absolute Gasteiger partial charge is 0.483 e. The number of benzene rings is 1. The van der Waals surface area contributed by atoms with Crippen LogP contribution in [0.15, 0.2) is 22.7 Å². The monoisotopic (exact) mass is 315 g/mol. The number of carboxylic acid groups (broad SMARTS) is 1. The Morgan fingerprint density at radius 3 is 2.72 bits per heavy atom. The van der Waals surface area contributed by atoms with Gasteiger partial charge in [0, 0.05) is 6.54 Å². The number of nitrogens with one attached hydrogen (secondary N) is 1. The summed E-state index contributed by atoms with van der Waals surface area (Å²) in [6.07, 6.45) is 0.864. The van der Waals surface area contributed by atoms with Crippen molar-refractivity contribution in [3.05, 3.63) is 28.2 Å². The molecule has 0 bridgehead atoms. The topological polar surface area (TPSA) is 75.6 Å². The molecule has 0 aliphatic carbocycles. The number of amides is 1. The van der Waals surface area contributed by atoms with E-state index in [1.807, 2.05) is 6.92 Å². The van der Waals surface area contributed by atoms with Crippen LogP contribution < -0.4 is 10.1 Å². The van der Waals surface area contributed by atoms with E-state index in [-0.39, 0.29) is 18.1 Å². The Hall–Kier alpha value is -1.56. The van der Waals surface area contributed by atoms with Crippen molar-refractivity contribution in [2.75, 3.05) is 13.2 Å². The zero-order valence-electron chi connectivity index (χ0n) is 9.90. The molecule has 0 aliphatic heterocycles. The van der Waals surface area contributed by atoms with Gasteiger partial charge in [-0.3, -0.25) is 4.79 Å². The van der Waals surface area contributed by atoms with E-state index in [0.29, 0.717) is 16.8 Å². The predicted molar refractivity (Wildman–Crippen MR) is 69.9 cm³/mol. The molecule has 5 nitrogen and oxygen atoms in total. The maximum atomic E-state index is 11.3. The Morgan fingerprint density at radius 2 is 2.17 bits per heavy atom. The average Bonchev–Trinajstić information content (AvgIpc) is 2.34. The van der Waals surface area contributed by atoms with Gasteiger partial charge in [-0.2, -0.15) is 0 Å². The van der Waals surface area contributed by atoms with Gasteiger partial charge in [0.2, 0.25) is 0 Å². The Labute approximate surface area is 113 Å². The summed E-state index contributed by atoms with van der Waals surface area (Å²) in [5, 5.41) is 11.5. The lowest BCUT2D eigenvalue weighted by atomic mass is 10.2. The number of ether oxygens (including phenoxy) is 1. The molecule has 1 aromatic rings. The second kappa shape index (κ2) is 7.00. The van der Waals surface area contributed by atoms with Crippen LogP contribution >= 0.6 is 15.9 Å². The molecule has 0 saturated heterocycles. The van der Waals surface area contributed by atoms with Crippen LogP contribution in [0.25, 0.3) is 0 Å². The molecule has 0 aromatic heterocycles. The number of carbonyl (C=O) groups excluding carboxylic acids is 1. The quantitative estimate of drug-likeness (QED) is 0.842. The van der Waals surface area contributed by atoms with Crippen LogP contribution in [0, 0.1) is 0 Å². The molecule has 0 atom stereocenters. The van der Waals surface area contributed by atoms with Gasteiger partial charge < -0.3 is 15.2 Å². The van der Waals surface area contributed by atoms with Crippen molar-refractivity contribution in [2.45, 2.75) is 13.3 Å². The van der Waals surface area contributed by atoms with E-state index >= 15 is 0 Å². The number of halogens is 1. The maximum absolute atomic E-state index is 11.3. The summed E-state index contributed by atoms with van der Waals surface area (Å²) in [5.41, 5.74) is 0.157. The average molecular weight is 316 g/mol. The smallest absolute Gasteiger partial charge is 0.335 e. The Morgan fingerprint density at radius 1 is 1.44 bits per heavy atom. The minimum absolute atomic E-state index is 0.0922. The summed E-state index contributed by atoms with van der Waals surface area (Å²) >= 11 is 3.20. The van der Waals surface area contributed by atoms with Crippen molar-refractivity contribution in [2.24, 2.45) is 0 Å². The van der Waals surface area contributed by atoms with Gasteiger partial charge in [-0.25, -0.2) is 4.79 Å². The van der Waals surface area contributed by atoms with Crippen molar-refractivity contribution in [3.63, 3.8) is 0 Å². The summed E-state index contributed by atoms with van der Waals surface area (Å²) in [6, 6.07) is 4.37. The third kappa shape index (κ3) is 4.37. The number of hydrogen-bond acceptors (Lipinski definition) is 3. The van der Waals surface area contributed by atoms with E-state index in [2.05, 4.69) is 21.2 Å². The molecule has 0 fully saturated rings. The lowest BCUT2D eigenvalue weighted by Gasteiger charge is -2.08. The van der Waals surface area contributed by atoms with Crippen LogP contribution in [0.5, 0.6) is 5.75 Å². The number of hydrogen-bond donors (Lipinski definition) is 2. The molecule has 1 amide bonds. The molecule has 0 spiro atoms. The van der Waals surface area contributed by atoms with E-state index in [1.165, 1.54) is 18.2 Å². The Bertz CT molecular complexity index is 448. The van der Waals surface area contributed by atoms with E-state index in [1.54, 1.807) is 0 Å². The van der Waals surface area contributed by atoms with Gasteiger partial charge in [0.15, 0.2) is 6.61 Å². The highest BCUT2D eigenvalue weighted by Gasteiger charge is 2.09. The fraction of sp³-hybridized carbons (Fsp3) is 0.333. The van der Waals surface area contributed by atoms with Gasteiger partial charge in [0.05, 0.1) is 10.0 Å². The summed E-state index contributed by atoms with van der Waals surface area (Å²) in [6.45, 7) is 2.48. The number of carboxylic acids is 1. The lowest BCUT2D eigenvalue weighted by molar-refractivity contribution is -0.123. The third-order valence-electron chi connectivity index (χ3n) is 2.11. The Balaban J connectivity index is 2.58.